The van der Waals surface area contributed by atoms with Gasteiger partial charge in [-0.15, -0.1) is 0 Å². The van der Waals surface area contributed by atoms with Gasteiger partial charge in [0.2, 0.25) is 0 Å². The highest BCUT2D eigenvalue weighted by Crippen LogP contribution is 2.18. The third-order valence-electron chi connectivity index (χ3n) is 15.0. The van der Waals surface area contributed by atoms with Crippen LogP contribution in [0.3, 0.4) is 0 Å². The van der Waals surface area contributed by atoms with E-state index < -0.39 is 12.1 Å². The maximum atomic E-state index is 12.9. The molecule has 0 N–H and O–H groups in total. The van der Waals surface area contributed by atoms with Crippen molar-refractivity contribution in [3.8, 4) is 0 Å². The predicted octanol–water partition coefficient (Wildman–Crippen LogP) is 23.3. The van der Waals surface area contributed by atoms with Crippen LogP contribution >= 0.6 is 0 Å². The van der Waals surface area contributed by atoms with Gasteiger partial charge >= 0.3 is 17.9 Å². The smallest absolute Gasteiger partial charge is 0.309 e. The topological polar surface area (TPSA) is 78.9 Å². The van der Waals surface area contributed by atoms with E-state index in [0.29, 0.717) is 12.8 Å². The van der Waals surface area contributed by atoms with E-state index in [1.54, 1.807) is 0 Å². The number of rotatable bonds is 62. The average Bonchev–Trinajstić information content (AvgIpc) is 3.44. The van der Waals surface area contributed by atoms with Crippen molar-refractivity contribution in [2.45, 2.75) is 354 Å². The van der Waals surface area contributed by atoms with Crippen LogP contribution < -0.4 is 0 Å². The van der Waals surface area contributed by atoms with Crippen molar-refractivity contribution in [3.63, 3.8) is 0 Å². The Morgan fingerprint density at radius 1 is 0.282 bits per heavy atom. The summed E-state index contributed by atoms with van der Waals surface area (Å²) < 4.78 is 16.9. The highest BCUT2D eigenvalue weighted by atomic mass is 16.6. The van der Waals surface area contributed by atoms with Crippen LogP contribution in [0.5, 0.6) is 0 Å². The molecule has 0 aromatic rings. The lowest BCUT2D eigenvalue weighted by Crippen LogP contribution is -2.30. The summed E-state index contributed by atoms with van der Waals surface area (Å²) in [7, 11) is 0. The van der Waals surface area contributed by atoms with Gasteiger partial charge in [0.15, 0.2) is 6.10 Å². The second-order valence-corrected chi connectivity index (χ2v) is 22.7. The zero-order valence-electron chi connectivity index (χ0n) is 51.9. The molecule has 452 valence electrons. The SMILES string of the molecule is CC/C=C\C/C=C\C/C=C\C/C=C\C/C=C\CC(=O)OCC(COC(=O)CCCCCCCCCCCCC/C=C\CCCCCCCCCC)OC(=O)CCCCCCCCCCCCCCCCCCCCCCCC. The number of hydrogen-bond donors (Lipinski definition) is 0. The minimum Gasteiger partial charge on any atom is -0.462 e. The summed E-state index contributed by atoms with van der Waals surface area (Å²) >= 11 is 0. The molecule has 6 heteroatoms. The van der Waals surface area contributed by atoms with Gasteiger partial charge in [-0.1, -0.05) is 331 Å². The van der Waals surface area contributed by atoms with Crippen LogP contribution in [0, 0.1) is 0 Å². The molecule has 0 aromatic carbocycles. The Labute approximate surface area is 484 Å². The fourth-order valence-corrected chi connectivity index (χ4v) is 9.93. The molecule has 0 saturated carbocycles. The molecule has 0 saturated heterocycles. The first-order chi connectivity index (χ1) is 38.5. The molecule has 0 fully saturated rings. The van der Waals surface area contributed by atoms with Gasteiger partial charge in [-0.05, 0) is 70.6 Å². The Kier molecular flexibility index (Phi) is 63.7. The van der Waals surface area contributed by atoms with Gasteiger partial charge in [0.25, 0.3) is 0 Å². The van der Waals surface area contributed by atoms with Crippen molar-refractivity contribution >= 4 is 17.9 Å². The van der Waals surface area contributed by atoms with Crippen LogP contribution in [-0.4, -0.2) is 37.2 Å². The first kappa shape index (κ1) is 74.8. The summed E-state index contributed by atoms with van der Waals surface area (Å²) in [5.41, 5.74) is 0. The molecular formula is C72H128O6. The molecule has 0 heterocycles. The number of carbonyl (C=O) groups excluding carboxylic acids is 3. The summed E-state index contributed by atoms with van der Waals surface area (Å²) in [6, 6.07) is 0. The van der Waals surface area contributed by atoms with Gasteiger partial charge in [-0.2, -0.15) is 0 Å². The van der Waals surface area contributed by atoms with Crippen molar-refractivity contribution < 1.29 is 28.6 Å². The van der Waals surface area contributed by atoms with E-state index in [-0.39, 0.29) is 31.6 Å². The second-order valence-electron chi connectivity index (χ2n) is 22.7. The van der Waals surface area contributed by atoms with Gasteiger partial charge in [-0.25, -0.2) is 0 Å². The van der Waals surface area contributed by atoms with E-state index in [1.807, 2.05) is 12.2 Å². The molecule has 0 amide bonds. The number of unbranched alkanes of at least 4 members (excludes halogenated alkanes) is 40. The highest BCUT2D eigenvalue weighted by molar-refractivity contribution is 5.72. The Balaban J connectivity index is 4.36. The molecule has 78 heavy (non-hydrogen) atoms. The minimum atomic E-state index is -0.815. The van der Waals surface area contributed by atoms with E-state index in [0.717, 1.165) is 70.6 Å². The van der Waals surface area contributed by atoms with Crippen molar-refractivity contribution in [3.05, 3.63) is 72.9 Å². The third kappa shape index (κ3) is 63.7. The van der Waals surface area contributed by atoms with E-state index in [9.17, 15) is 14.4 Å². The van der Waals surface area contributed by atoms with Crippen LogP contribution in [0.2, 0.25) is 0 Å². The average molecular weight is 1090 g/mol. The Morgan fingerprint density at radius 3 is 0.885 bits per heavy atom. The first-order valence-corrected chi connectivity index (χ1v) is 33.9. The number of esters is 3. The molecule has 0 aromatic heterocycles. The largest absolute Gasteiger partial charge is 0.462 e. The van der Waals surface area contributed by atoms with Crippen LogP contribution in [0.1, 0.15) is 348 Å². The maximum absolute atomic E-state index is 12.9. The van der Waals surface area contributed by atoms with Crippen LogP contribution in [0.4, 0.5) is 0 Å². The Morgan fingerprint density at radius 2 is 0.551 bits per heavy atom. The lowest BCUT2D eigenvalue weighted by atomic mass is 10.0. The van der Waals surface area contributed by atoms with E-state index in [1.165, 1.54) is 238 Å². The number of carbonyl (C=O) groups is 3. The lowest BCUT2D eigenvalue weighted by molar-refractivity contribution is -0.166. The number of ether oxygens (including phenoxy) is 3. The van der Waals surface area contributed by atoms with Crippen molar-refractivity contribution in [1.82, 2.24) is 0 Å². The summed E-state index contributed by atoms with van der Waals surface area (Å²) in [5.74, 6) is -1.02. The van der Waals surface area contributed by atoms with Crippen molar-refractivity contribution in [1.29, 1.82) is 0 Å². The minimum absolute atomic E-state index is 0.102. The third-order valence-corrected chi connectivity index (χ3v) is 15.0. The molecule has 0 aliphatic rings. The van der Waals surface area contributed by atoms with Gasteiger partial charge in [0, 0.05) is 12.8 Å². The summed E-state index contributed by atoms with van der Waals surface area (Å²) in [6.45, 7) is 6.49. The Hall–Kier alpha value is -3.15. The van der Waals surface area contributed by atoms with Gasteiger partial charge in [0.1, 0.15) is 13.2 Å². The van der Waals surface area contributed by atoms with Crippen LogP contribution in [0.15, 0.2) is 72.9 Å². The normalized spacial score (nSPS) is 12.5. The molecular weight excluding hydrogens is 961 g/mol. The summed E-state index contributed by atoms with van der Waals surface area (Å²) in [6.07, 6.45) is 86.7. The van der Waals surface area contributed by atoms with E-state index in [4.69, 9.17) is 14.2 Å². The zero-order valence-corrected chi connectivity index (χ0v) is 51.9. The van der Waals surface area contributed by atoms with Crippen molar-refractivity contribution in [2.24, 2.45) is 0 Å². The fourth-order valence-electron chi connectivity index (χ4n) is 9.93. The number of hydrogen-bond acceptors (Lipinski definition) is 6. The molecule has 0 rings (SSSR count). The molecule has 0 radical (unpaired) electrons. The van der Waals surface area contributed by atoms with Crippen LogP contribution in [0.25, 0.3) is 0 Å². The van der Waals surface area contributed by atoms with E-state index in [2.05, 4.69) is 81.5 Å². The van der Waals surface area contributed by atoms with Gasteiger partial charge in [0.05, 0.1) is 6.42 Å². The monoisotopic (exact) mass is 1090 g/mol. The summed E-state index contributed by atoms with van der Waals surface area (Å²) in [4.78, 5) is 38.3. The fraction of sp³-hybridized carbons (Fsp3) is 0.792. The second kappa shape index (κ2) is 66.4. The molecule has 1 unspecified atom stereocenters. The van der Waals surface area contributed by atoms with Crippen LogP contribution in [-0.2, 0) is 28.6 Å². The molecule has 0 spiro atoms. The molecule has 0 aliphatic carbocycles. The standard InChI is InChI=1S/C72H128O6/c1-4-7-10-13-16-19-22-25-28-30-32-34-36-38-39-41-44-47-50-53-56-59-62-65-71(74)77-68-69(67-76-70(73)64-61-58-55-52-49-46-43-27-24-21-18-15-12-9-6-3)78-72(75)66-63-60-57-54-51-48-45-42-40-37-35-33-31-29-26-23-20-17-14-11-8-5-2/h9,12,18,21,27,30,32,43,49,52,58,61,69H,4-8,10-11,13-17,19-20,22-26,28-29,31,33-42,44-48,50-51,53-57,59-60,62-68H2,1-3H3/b12-9-,21-18-,32-30-,43-27-,52-49-,61-58-. The summed E-state index contributed by atoms with van der Waals surface area (Å²) in [5, 5.41) is 0. The van der Waals surface area contributed by atoms with Crippen molar-refractivity contribution in [2.75, 3.05) is 13.2 Å². The highest BCUT2D eigenvalue weighted by Gasteiger charge is 2.19. The zero-order chi connectivity index (χ0) is 56.4. The molecule has 1 atom stereocenters. The molecule has 6 nitrogen and oxygen atoms in total. The molecule has 0 aliphatic heterocycles. The predicted molar refractivity (Wildman–Crippen MR) is 339 cm³/mol. The Bertz CT molecular complexity index is 1440. The quantitative estimate of drug-likeness (QED) is 0.0261. The number of allylic oxidation sites excluding steroid dienone is 11. The lowest BCUT2D eigenvalue weighted by Gasteiger charge is -2.18. The first-order valence-electron chi connectivity index (χ1n) is 33.9. The van der Waals surface area contributed by atoms with Gasteiger partial charge in [-0.3, -0.25) is 14.4 Å². The molecule has 0 bridgehead atoms. The maximum Gasteiger partial charge on any atom is 0.309 e. The van der Waals surface area contributed by atoms with E-state index >= 15 is 0 Å². The van der Waals surface area contributed by atoms with Gasteiger partial charge < -0.3 is 14.2 Å².